The topological polar surface area (TPSA) is 41.9 Å². The van der Waals surface area contributed by atoms with Crippen LogP contribution in [-0.2, 0) is 0 Å². The van der Waals surface area contributed by atoms with Crippen molar-refractivity contribution in [2.75, 3.05) is 12.1 Å². The number of hydrogen-bond acceptors (Lipinski definition) is 5. The van der Waals surface area contributed by atoms with E-state index in [9.17, 15) is 4.79 Å². The van der Waals surface area contributed by atoms with Gasteiger partial charge in [0.05, 0.1) is 29.3 Å². The molecule has 0 amide bonds. The number of hydrogen-bond donors (Lipinski definition) is 0. The maximum atomic E-state index is 13.9. The average molecular weight is 439 g/mol. The van der Waals surface area contributed by atoms with Crippen molar-refractivity contribution in [2.24, 2.45) is 5.10 Å². The Hall–Kier alpha value is -3.70. The van der Waals surface area contributed by atoms with Gasteiger partial charge in [0, 0.05) is 5.56 Å². The highest BCUT2D eigenvalue weighted by atomic mass is 32.1. The molecule has 2 unspecified atom stereocenters. The molecule has 4 nitrogen and oxygen atoms in total. The van der Waals surface area contributed by atoms with Gasteiger partial charge in [-0.05, 0) is 41.3 Å². The maximum absolute atomic E-state index is 13.9. The highest BCUT2D eigenvalue weighted by molar-refractivity contribution is 7.12. The number of ether oxygens (including phenoxy) is 1. The van der Waals surface area contributed by atoms with Gasteiger partial charge in [0.15, 0.2) is 5.78 Å². The molecule has 3 aromatic carbocycles. The standard InChI is InChI=1S/C27H22N2O2S/c1-31-22-16-14-19(15-17-22)24-25(23-13-8-18-32-23)28-29(21-11-6-3-7-12-21)26(24)27(30)20-9-4-2-5-10-20/h2-18,24,26H,1H3. The van der Waals surface area contributed by atoms with Crippen LogP contribution >= 0.6 is 11.3 Å². The predicted molar refractivity (Wildman–Crippen MR) is 130 cm³/mol. The molecule has 0 fully saturated rings. The molecule has 0 spiro atoms. The van der Waals surface area contributed by atoms with E-state index in [1.54, 1.807) is 18.4 Å². The lowest BCUT2D eigenvalue weighted by molar-refractivity contribution is 0.0957. The summed E-state index contributed by atoms with van der Waals surface area (Å²) in [6.45, 7) is 0. The molecule has 4 aromatic rings. The van der Waals surface area contributed by atoms with Crippen molar-refractivity contribution in [3.63, 3.8) is 0 Å². The van der Waals surface area contributed by atoms with E-state index in [-0.39, 0.29) is 11.7 Å². The highest BCUT2D eigenvalue weighted by Gasteiger charge is 2.44. The number of carbonyl (C=O) groups excluding carboxylic acids is 1. The molecule has 32 heavy (non-hydrogen) atoms. The molecule has 158 valence electrons. The fourth-order valence-electron chi connectivity index (χ4n) is 4.14. The largest absolute Gasteiger partial charge is 0.497 e. The number of para-hydroxylation sites is 1. The smallest absolute Gasteiger partial charge is 0.188 e. The minimum atomic E-state index is -0.495. The third-order valence-electron chi connectivity index (χ3n) is 5.69. The summed E-state index contributed by atoms with van der Waals surface area (Å²) in [4.78, 5) is 15.0. The Morgan fingerprint density at radius 2 is 1.56 bits per heavy atom. The van der Waals surface area contributed by atoms with E-state index in [4.69, 9.17) is 9.84 Å². The first-order valence-corrected chi connectivity index (χ1v) is 11.3. The van der Waals surface area contributed by atoms with Gasteiger partial charge in [-0.1, -0.05) is 66.7 Å². The summed E-state index contributed by atoms with van der Waals surface area (Å²) >= 11 is 1.64. The van der Waals surface area contributed by atoms with Crippen LogP contribution in [0.5, 0.6) is 5.75 Å². The molecule has 0 saturated carbocycles. The zero-order valence-electron chi connectivity index (χ0n) is 17.6. The molecule has 2 heterocycles. The zero-order valence-corrected chi connectivity index (χ0v) is 18.4. The van der Waals surface area contributed by atoms with Gasteiger partial charge in [-0.25, -0.2) is 0 Å². The first-order valence-electron chi connectivity index (χ1n) is 10.5. The Labute approximate surface area is 191 Å². The molecule has 0 saturated heterocycles. The van der Waals surface area contributed by atoms with Gasteiger partial charge < -0.3 is 4.74 Å². The van der Waals surface area contributed by atoms with Crippen molar-refractivity contribution < 1.29 is 9.53 Å². The van der Waals surface area contributed by atoms with Crippen molar-refractivity contribution in [1.82, 2.24) is 0 Å². The summed E-state index contributed by atoms with van der Waals surface area (Å²) in [5.41, 5.74) is 3.51. The molecule has 0 N–H and O–H groups in total. The molecule has 0 bridgehead atoms. The van der Waals surface area contributed by atoms with Crippen LogP contribution in [0.3, 0.4) is 0 Å². The van der Waals surface area contributed by atoms with E-state index in [0.29, 0.717) is 5.56 Å². The Bertz CT molecular complexity index is 1220. The molecule has 1 aromatic heterocycles. The SMILES string of the molecule is COc1ccc(C2C(c3cccs3)=NN(c3ccccc3)C2C(=O)c2ccccc2)cc1. The highest BCUT2D eigenvalue weighted by Crippen LogP contribution is 2.40. The summed E-state index contributed by atoms with van der Waals surface area (Å²) < 4.78 is 5.36. The van der Waals surface area contributed by atoms with E-state index in [1.807, 2.05) is 101 Å². The predicted octanol–water partition coefficient (Wildman–Crippen LogP) is 6.02. The van der Waals surface area contributed by atoms with Gasteiger partial charge in [0.25, 0.3) is 0 Å². The van der Waals surface area contributed by atoms with Crippen LogP contribution in [0.1, 0.15) is 26.7 Å². The molecule has 5 rings (SSSR count). The summed E-state index contributed by atoms with van der Waals surface area (Å²) in [6, 6.07) is 30.9. The molecule has 1 aliphatic rings. The molecular formula is C27H22N2O2S. The van der Waals surface area contributed by atoms with E-state index in [1.165, 1.54) is 0 Å². The maximum Gasteiger partial charge on any atom is 0.188 e. The number of thiophene rings is 1. The lowest BCUT2D eigenvalue weighted by Gasteiger charge is -2.27. The van der Waals surface area contributed by atoms with E-state index in [2.05, 4.69) is 6.07 Å². The number of benzene rings is 3. The van der Waals surface area contributed by atoms with Crippen molar-refractivity contribution in [2.45, 2.75) is 12.0 Å². The first-order chi connectivity index (χ1) is 15.8. The van der Waals surface area contributed by atoms with Crippen LogP contribution in [0.2, 0.25) is 0 Å². The Balaban J connectivity index is 1.68. The van der Waals surface area contributed by atoms with E-state index < -0.39 is 6.04 Å². The first kappa shape index (κ1) is 20.2. The number of hydrazone groups is 1. The summed E-state index contributed by atoms with van der Waals surface area (Å²) in [7, 11) is 1.65. The number of anilines is 1. The number of ketones is 1. The third-order valence-corrected chi connectivity index (χ3v) is 6.58. The van der Waals surface area contributed by atoms with Gasteiger partial charge in [0.2, 0.25) is 0 Å². The number of rotatable bonds is 6. The van der Waals surface area contributed by atoms with Crippen LogP contribution in [0.15, 0.2) is 108 Å². The number of Topliss-reactive ketones (excluding diaryl/α,β-unsaturated/α-hetero) is 1. The summed E-state index contributed by atoms with van der Waals surface area (Å²) in [6.07, 6.45) is 0. The minimum Gasteiger partial charge on any atom is -0.497 e. The molecule has 0 aliphatic carbocycles. The van der Waals surface area contributed by atoms with Crippen LogP contribution in [0, 0.1) is 0 Å². The van der Waals surface area contributed by atoms with Crippen LogP contribution in [-0.4, -0.2) is 24.6 Å². The van der Waals surface area contributed by atoms with Crippen molar-refractivity contribution in [3.8, 4) is 5.75 Å². The van der Waals surface area contributed by atoms with E-state index >= 15 is 0 Å². The van der Waals surface area contributed by atoms with Crippen LogP contribution in [0.25, 0.3) is 0 Å². The zero-order chi connectivity index (χ0) is 21.9. The fraction of sp³-hybridized carbons (Fsp3) is 0.111. The normalized spacial score (nSPS) is 17.8. The third kappa shape index (κ3) is 3.72. The van der Waals surface area contributed by atoms with Gasteiger partial charge >= 0.3 is 0 Å². The monoisotopic (exact) mass is 438 g/mol. The summed E-state index contributed by atoms with van der Waals surface area (Å²) in [5, 5.41) is 8.97. The van der Waals surface area contributed by atoms with Crippen LogP contribution in [0.4, 0.5) is 5.69 Å². The molecule has 5 heteroatoms. The van der Waals surface area contributed by atoms with Crippen molar-refractivity contribution in [3.05, 3.63) is 118 Å². The van der Waals surface area contributed by atoms with Crippen molar-refractivity contribution >= 4 is 28.5 Å². The molecule has 2 atom stereocenters. The lowest BCUT2D eigenvalue weighted by Crippen LogP contribution is -2.39. The van der Waals surface area contributed by atoms with E-state index in [0.717, 1.165) is 27.6 Å². The summed E-state index contributed by atoms with van der Waals surface area (Å²) in [5.74, 6) is 0.616. The Morgan fingerprint density at radius 1 is 0.875 bits per heavy atom. The van der Waals surface area contributed by atoms with Crippen molar-refractivity contribution in [1.29, 1.82) is 0 Å². The Kier molecular flexibility index (Phi) is 5.57. The minimum absolute atomic E-state index is 0.0468. The second-order valence-electron chi connectivity index (χ2n) is 7.57. The number of nitrogens with zero attached hydrogens (tertiary/aromatic N) is 2. The molecular weight excluding hydrogens is 416 g/mol. The van der Waals surface area contributed by atoms with Gasteiger partial charge in [-0.2, -0.15) is 5.10 Å². The molecule has 1 aliphatic heterocycles. The Morgan fingerprint density at radius 3 is 2.19 bits per heavy atom. The molecule has 0 radical (unpaired) electrons. The number of methoxy groups -OCH3 is 1. The second kappa shape index (κ2) is 8.81. The van der Waals surface area contributed by atoms with Gasteiger partial charge in [0.1, 0.15) is 11.8 Å². The quantitative estimate of drug-likeness (QED) is 0.346. The van der Waals surface area contributed by atoms with Crippen LogP contribution < -0.4 is 9.75 Å². The average Bonchev–Trinajstić information content (AvgIpc) is 3.53. The van der Waals surface area contributed by atoms with Gasteiger partial charge in [-0.15, -0.1) is 11.3 Å². The number of carbonyl (C=O) groups is 1. The van der Waals surface area contributed by atoms with Gasteiger partial charge in [-0.3, -0.25) is 9.80 Å². The second-order valence-corrected chi connectivity index (χ2v) is 8.52. The lowest BCUT2D eigenvalue weighted by atomic mass is 9.83. The fourth-order valence-corrected chi connectivity index (χ4v) is 4.89.